The van der Waals surface area contributed by atoms with E-state index in [1.165, 1.54) is 5.56 Å². The first kappa shape index (κ1) is 9.74. The third-order valence-corrected chi connectivity index (χ3v) is 3.18. The van der Waals surface area contributed by atoms with Crippen molar-refractivity contribution in [1.82, 2.24) is 0 Å². The highest BCUT2D eigenvalue weighted by Gasteiger charge is 1.99. The highest BCUT2D eigenvalue weighted by Crippen LogP contribution is 2.24. The minimum absolute atomic E-state index is 0.132. The zero-order valence-corrected chi connectivity index (χ0v) is 9.08. The maximum atomic E-state index is 8.90. The summed E-state index contributed by atoms with van der Waals surface area (Å²) < 4.78 is 1.13. The minimum atomic E-state index is 0.132. The summed E-state index contributed by atoms with van der Waals surface area (Å²) in [4.78, 5) is 0. The Kier molecular flexibility index (Phi) is 3.75. The summed E-state index contributed by atoms with van der Waals surface area (Å²) in [5, 5.41) is 8.90. The van der Waals surface area contributed by atoms with Crippen LogP contribution < -0.4 is 0 Å². The molecule has 2 heteroatoms. The second-order valence-electron chi connectivity index (χ2n) is 2.62. The molecule has 0 heterocycles. The number of aliphatic hydroxyl groups excluding tert-OH is 1. The molecule has 0 aliphatic carbocycles. The molecule has 0 unspecified atom stereocenters. The summed E-state index contributed by atoms with van der Waals surface area (Å²) in [6.45, 7) is 2.07. The van der Waals surface area contributed by atoms with E-state index in [1.807, 2.05) is 37.3 Å². The lowest BCUT2D eigenvalue weighted by Gasteiger charge is -2.02. The molecular weight excluding hydrogens is 263 g/mol. The summed E-state index contributed by atoms with van der Waals surface area (Å²) in [5.41, 5.74) is 2.19. The predicted octanol–water partition coefficient (Wildman–Crippen LogP) is 2.84. The van der Waals surface area contributed by atoms with E-state index in [1.54, 1.807) is 0 Å². The molecule has 0 aliphatic heterocycles. The maximum Gasteiger partial charge on any atom is 0.0652 e. The van der Waals surface area contributed by atoms with Gasteiger partial charge in [0, 0.05) is 3.58 Å². The number of hydrogen-bond donors (Lipinski definition) is 1. The van der Waals surface area contributed by atoms with Crippen molar-refractivity contribution in [3.05, 3.63) is 41.5 Å². The second-order valence-corrected chi connectivity index (χ2v) is 3.70. The Labute approximate surface area is 86.3 Å². The second kappa shape index (κ2) is 4.62. The van der Waals surface area contributed by atoms with Crippen molar-refractivity contribution in [2.75, 3.05) is 6.61 Å². The lowest BCUT2D eigenvalue weighted by Crippen LogP contribution is -1.87. The van der Waals surface area contributed by atoms with Gasteiger partial charge in [-0.25, -0.2) is 0 Å². The fraction of sp³-hybridized carbons (Fsp3) is 0.200. The monoisotopic (exact) mass is 274 g/mol. The van der Waals surface area contributed by atoms with Gasteiger partial charge in [0.15, 0.2) is 0 Å². The van der Waals surface area contributed by atoms with Crippen LogP contribution in [0.25, 0.3) is 3.58 Å². The van der Waals surface area contributed by atoms with Crippen molar-refractivity contribution < 1.29 is 5.11 Å². The molecule has 64 valence electrons. The highest BCUT2D eigenvalue weighted by molar-refractivity contribution is 14.1. The Morgan fingerprint density at radius 2 is 1.92 bits per heavy atom. The van der Waals surface area contributed by atoms with Gasteiger partial charge in [-0.15, -0.1) is 0 Å². The average Bonchev–Trinajstić information content (AvgIpc) is 2.17. The average molecular weight is 274 g/mol. The Morgan fingerprint density at radius 3 is 2.42 bits per heavy atom. The lowest BCUT2D eigenvalue weighted by molar-refractivity contribution is 0.332. The number of aliphatic hydroxyl groups is 1. The van der Waals surface area contributed by atoms with E-state index in [-0.39, 0.29) is 6.61 Å². The van der Waals surface area contributed by atoms with Crippen LogP contribution in [0.15, 0.2) is 35.9 Å². The minimum Gasteiger partial charge on any atom is -0.392 e. The number of hydrogen-bond acceptors (Lipinski definition) is 1. The fourth-order valence-corrected chi connectivity index (χ4v) is 1.43. The van der Waals surface area contributed by atoms with E-state index in [0.717, 1.165) is 9.15 Å². The van der Waals surface area contributed by atoms with Crippen LogP contribution in [0.5, 0.6) is 0 Å². The highest BCUT2D eigenvalue weighted by atomic mass is 127. The number of halogens is 1. The third-order valence-electron chi connectivity index (χ3n) is 1.64. The van der Waals surface area contributed by atoms with Gasteiger partial charge in [0.05, 0.1) is 6.61 Å². The van der Waals surface area contributed by atoms with Gasteiger partial charge in [-0.1, -0.05) is 30.3 Å². The maximum absolute atomic E-state index is 8.90. The standard InChI is InChI=1S/C10H11IO/c1-8(7-12)10(11)9-5-3-2-4-6-9/h2-6,12H,7H2,1H3/b10-8-. The van der Waals surface area contributed by atoms with Crippen LogP contribution in [0.4, 0.5) is 0 Å². The van der Waals surface area contributed by atoms with Crippen LogP contribution >= 0.6 is 22.6 Å². The molecule has 1 nitrogen and oxygen atoms in total. The summed E-state index contributed by atoms with van der Waals surface area (Å²) in [5.74, 6) is 0. The topological polar surface area (TPSA) is 20.2 Å². The Bertz CT molecular complexity index is 277. The summed E-state index contributed by atoms with van der Waals surface area (Å²) in [6, 6.07) is 10.1. The summed E-state index contributed by atoms with van der Waals surface area (Å²) >= 11 is 2.25. The van der Waals surface area contributed by atoms with E-state index in [2.05, 4.69) is 22.6 Å². The molecule has 0 radical (unpaired) electrons. The van der Waals surface area contributed by atoms with Gasteiger partial charge in [-0.2, -0.15) is 0 Å². The normalized spacial score (nSPS) is 12.6. The van der Waals surface area contributed by atoms with Crippen LogP contribution in [-0.2, 0) is 0 Å². The molecule has 0 atom stereocenters. The first-order valence-corrected chi connectivity index (χ1v) is 4.85. The van der Waals surface area contributed by atoms with Gasteiger partial charge in [-0.3, -0.25) is 0 Å². The van der Waals surface area contributed by atoms with E-state index in [4.69, 9.17) is 5.11 Å². The van der Waals surface area contributed by atoms with Crippen LogP contribution in [0, 0.1) is 0 Å². The van der Waals surface area contributed by atoms with Crippen LogP contribution in [0.3, 0.4) is 0 Å². The molecule has 1 rings (SSSR count). The van der Waals surface area contributed by atoms with Crippen molar-refractivity contribution in [3.8, 4) is 0 Å². The van der Waals surface area contributed by atoms with Gasteiger partial charge in [0.25, 0.3) is 0 Å². The van der Waals surface area contributed by atoms with Gasteiger partial charge in [-0.05, 0) is 40.7 Å². The van der Waals surface area contributed by atoms with Crippen molar-refractivity contribution >= 4 is 26.2 Å². The number of rotatable bonds is 2. The number of benzene rings is 1. The zero-order chi connectivity index (χ0) is 8.97. The van der Waals surface area contributed by atoms with Crippen molar-refractivity contribution in [3.63, 3.8) is 0 Å². The lowest BCUT2D eigenvalue weighted by atomic mass is 10.1. The SMILES string of the molecule is C/C(CO)=C(/I)c1ccccc1. The van der Waals surface area contributed by atoms with Crippen LogP contribution in [0.2, 0.25) is 0 Å². The van der Waals surface area contributed by atoms with E-state index < -0.39 is 0 Å². The molecule has 0 saturated heterocycles. The van der Waals surface area contributed by atoms with Gasteiger partial charge >= 0.3 is 0 Å². The van der Waals surface area contributed by atoms with Crippen LogP contribution in [-0.4, -0.2) is 11.7 Å². The smallest absolute Gasteiger partial charge is 0.0652 e. The quantitative estimate of drug-likeness (QED) is 0.822. The molecule has 0 aliphatic rings. The largest absolute Gasteiger partial charge is 0.392 e. The fourth-order valence-electron chi connectivity index (χ4n) is 0.900. The Hall–Kier alpha value is -0.350. The molecule has 0 spiro atoms. The van der Waals surface area contributed by atoms with Gasteiger partial charge in [0.2, 0.25) is 0 Å². The zero-order valence-electron chi connectivity index (χ0n) is 6.92. The molecule has 0 amide bonds. The van der Waals surface area contributed by atoms with E-state index in [9.17, 15) is 0 Å². The van der Waals surface area contributed by atoms with E-state index >= 15 is 0 Å². The Balaban J connectivity index is 3.00. The van der Waals surface area contributed by atoms with E-state index in [0.29, 0.717) is 0 Å². The molecule has 1 N–H and O–H groups in total. The molecule has 1 aromatic carbocycles. The summed E-state index contributed by atoms with van der Waals surface area (Å²) in [6.07, 6.45) is 0. The molecule has 12 heavy (non-hydrogen) atoms. The first-order chi connectivity index (χ1) is 5.75. The first-order valence-electron chi connectivity index (χ1n) is 3.77. The predicted molar refractivity (Wildman–Crippen MR) is 60.1 cm³/mol. The molecule has 0 bridgehead atoms. The molecule has 1 aromatic rings. The third kappa shape index (κ3) is 2.32. The van der Waals surface area contributed by atoms with Crippen molar-refractivity contribution in [1.29, 1.82) is 0 Å². The molecule has 0 fully saturated rings. The van der Waals surface area contributed by atoms with Crippen molar-refractivity contribution in [2.24, 2.45) is 0 Å². The van der Waals surface area contributed by atoms with Crippen molar-refractivity contribution in [2.45, 2.75) is 6.92 Å². The molecular formula is C10H11IO. The molecule has 0 aromatic heterocycles. The molecule has 0 saturated carbocycles. The Morgan fingerprint density at radius 1 is 1.33 bits per heavy atom. The summed E-state index contributed by atoms with van der Waals surface area (Å²) in [7, 11) is 0. The van der Waals surface area contributed by atoms with Gasteiger partial charge in [0.1, 0.15) is 0 Å². The van der Waals surface area contributed by atoms with Crippen LogP contribution in [0.1, 0.15) is 12.5 Å². The van der Waals surface area contributed by atoms with Gasteiger partial charge < -0.3 is 5.11 Å².